The number of nitrogens with one attached hydrogen (secondary N) is 1. The molecule has 0 aliphatic heterocycles. The second kappa shape index (κ2) is 5.66. The lowest BCUT2D eigenvalue weighted by Gasteiger charge is -2.27. The molecule has 0 aliphatic carbocycles. The monoisotopic (exact) mass is 253 g/mol. The van der Waals surface area contributed by atoms with Crippen molar-refractivity contribution in [3.05, 3.63) is 17.5 Å². The summed E-state index contributed by atoms with van der Waals surface area (Å²) in [5.41, 5.74) is 0.0633. The maximum Gasteiger partial charge on any atom is 0.353 e. The smallest absolute Gasteiger partial charge is 0.353 e. The summed E-state index contributed by atoms with van der Waals surface area (Å²) in [5.74, 6) is -1.03. The molecule has 6 nitrogen and oxygen atoms in total. The summed E-state index contributed by atoms with van der Waals surface area (Å²) in [6, 6.07) is 1.31. The zero-order valence-electron chi connectivity index (χ0n) is 11.1. The fourth-order valence-corrected chi connectivity index (χ4v) is 1.61. The molecule has 1 amide bonds. The van der Waals surface area contributed by atoms with Crippen LogP contribution in [0.1, 0.15) is 48.7 Å². The maximum atomic E-state index is 12.2. The van der Waals surface area contributed by atoms with Crippen LogP contribution >= 0.6 is 0 Å². The minimum absolute atomic E-state index is 0.0462. The van der Waals surface area contributed by atoms with Crippen LogP contribution in [-0.4, -0.2) is 44.7 Å². The van der Waals surface area contributed by atoms with Crippen LogP contribution in [0.15, 0.2) is 6.07 Å². The number of carbonyl (C=O) groups excluding carboxylic acids is 1. The standard InChI is InChI=1S/C12H19N3O3/c1-7(2)6-15(8(3)4)11(16)9-5-10(12(17)18)14-13-9/h5,7-8H,6H2,1-4H3,(H,13,14)(H,17,18). The summed E-state index contributed by atoms with van der Waals surface area (Å²) >= 11 is 0. The number of hydrogen-bond donors (Lipinski definition) is 2. The Morgan fingerprint density at radius 1 is 1.39 bits per heavy atom. The summed E-state index contributed by atoms with van der Waals surface area (Å²) < 4.78 is 0. The van der Waals surface area contributed by atoms with E-state index in [1.165, 1.54) is 6.07 Å². The minimum Gasteiger partial charge on any atom is -0.477 e. The van der Waals surface area contributed by atoms with Gasteiger partial charge in [-0.3, -0.25) is 9.89 Å². The fraction of sp³-hybridized carbons (Fsp3) is 0.583. The van der Waals surface area contributed by atoms with E-state index in [0.29, 0.717) is 12.5 Å². The predicted octanol–water partition coefficient (Wildman–Crippen LogP) is 1.61. The molecule has 1 heterocycles. The molecule has 2 N–H and O–H groups in total. The molecule has 18 heavy (non-hydrogen) atoms. The van der Waals surface area contributed by atoms with Crippen molar-refractivity contribution in [1.82, 2.24) is 15.1 Å². The van der Waals surface area contributed by atoms with Crippen molar-refractivity contribution in [2.75, 3.05) is 6.54 Å². The topological polar surface area (TPSA) is 86.3 Å². The molecule has 0 bridgehead atoms. The van der Waals surface area contributed by atoms with Gasteiger partial charge in [0, 0.05) is 18.7 Å². The van der Waals surface area contributed by atoms with Crippen molar-refractivity contribution in [3.8, 4) is 0 Å². The highest BCUT2D eigenvalue weighted by Crippen LogP contribution is 2.10. The van der Waals surface area contributed by atoms with Gasteiger partial charge in [0.05, 0.1) is 0 Å². The van der Waals surface area contributed by atoms with Gasteiger partial charge in [-0.2, -0.15) is 5.10 Å². The number of nitrogens with zero attached hydrogens (tertiary/aromatic N) is 2. The molecule has 0 radical (unpaired) electrons. The predicted molar refractivity (Wildman–Crippen MR) is 66.6 cm³/mol. The first-order valence-corrected chi connectivity index (χ1v) is 5.92. The van der Waals surface area contributed by atoms with E-state index in [9.17, 15) is 9.59 Å². The number of carboxylic acids is 1. The average molecular weight is 253 g/mol. The van der Waals surface area contributed by atoms with E-state index in [0.717, 1.165) is 0 Å². The molecule has 0 aliphatic rings. The Kier molecular flexibility index (Phi) is 4.47. The number of aromatic amines is 1. The van der Waals surface area contributed by atoms with Gasteiger partial charge in [-0.05, 0) is 19.8 Å². The Hall–Kier alpha value is -1.85. The second-order valence-electron chi connectivity index (χ2n) is 4.92. The first-order valence-electron chi connectivity index (χ1n) is 5.92. The van der Waals surface area contributed by atoms with Crippen LogP contribution in [0.5, 0.6) is 0 Å². The first-order chi connectivity index (χ1) is 8.32. The first kappa shape index (κ1) is 14.2. The summed E-state index contributed by atoms with van der Waals surface area (Å²) in [5, 5.41) is 14.9. The van der Waals surface area contributed by atoms with Crippen LogP contribution in [-0.2, 0) is 0 Å². The van der Waals surface area contributed by atoms with E-state index in [4.69, 9.17) is 5.11 Å². The van der Waals surface area contributed by atoms with Gasteiger partial charge in [0.15, 0.2) is 5.69 Å². The fourth-order valence-electron chi connectivity index (χ4n) is 1.61. The lowest BCUT2D eigenvalue weighted by Crippen LogP contribution is -2.39. The van der Waals surface area contributed by atoms with E-state index in [2.05, 4.69) is 10.2 Å². The van der Waals surface area contributed by atoms with Gasteiger partial charge >= 0.3 is 5.97 Å². The Bertz CT molecular complexity index is 438. The number of carboxylic acid groups (broad SMARTS) is 1. The molecular weight excluding hydrogens is 234 g/mol. The largest absolute Gasteiger partial charge is 0.477 e. The zero-order chi connectivity index (χ0) is 13.9. The Labute approximate surface area is 106 Å². The van der Waals surface area contributed by atoms with Crippen molar-refractivity contribution in [2.45, 2.75) is 33.7 Å². The lowest BCUT2D eigenvalue weighted by molar-refractivity contribution is 0.0673. The Morgan fingerprint density at radius 3 is 2.39 bits per heavy atom. The molecular formula is C12H19N3O3. The molecule has 1 aromatic rings. The van der Waals surface area contributed by atoms with Crippen molar-refractivity contribution in [2.24, 2.45) is 5.92 Å². The Morgan fingerprint density at radius 2 is 2.00 bits per heavy atom. The van der Waals surface area contributed by atoms with Gasteiger partial charge in [0.25, 0.3) is 5.91 Å². The molecule has 0 saturated heterocycles. The van der Waals surface area contributed by atoms with Gasteiger partial charge in [0.1, 0.15) is 5.69 Å². The number of carbonyl (C=O) groups is 2. The van der Waals surface area contributed by atoms with Crippen LogP contribution in [0.25, 0.3) is 0 Å². The third-order valence-electron chi connectivity index (χ3n) is 2.47. The number of amides is 1. The number of hydrogen-bond acceptors (Lipinski definition) is 3. The molecule has 1 rings (SSSR count). The van der Waals surface area contributed by atoms with Crippen LogP contribution in [0.2, 0.25) is 0 Å². The van der Waals surface area contributed by atoms with Crippen LogP contribution in [0.3, 0.4) is 0 Å². The van der Waals surface area contributed by atoms with Gasteiger partial charge in [-0.1, -0.05) is 13.8 Å². The molecule has 0 aromatic carbocycles. The Balaban J connectivity index is 2.91. The van der Waals surface area contributed by atoms with Crippen molar-refractivity contribution in [1.29, 1.82) is 0 Å². The van der Waals surface area contributed by atoms with E-state index < -0.39 is 5.97 Å². The van der Waals surface area contributed by atoms with Gasteiger partial charge in [-0.15, -0.1) is 0 Å². The summed E-state index contributed by atoms with van der Waals surface area (Å²) in [6.45, 7) is 8.51. The maximum absolute atomic E-state index is 12.2. The summed E-state index contributed by atoms with van der Waals surface area (Å²) in [7, 11) is 0. The molecule has 0 saturated carbocycles. The van der Waals surface area contributed by atoms with Gasteiger partial charge < -0.3 is 10.0 Å². The second-order valence-corrected chi connectivity index (χ2v) is 4.92. The lowest BCUT2D eigenvalue weighted by atomic mass is 10.1. The molecule has 1 aromatic heterocycles. The molecule has 0 spiro atoms. The summed E-state index contributed by atoms with van der Waals surface area (Å²) in [6.07, 6.45) is 0. The van der Waals surface area contributed by atoms with Gasteiger partial charge in [0.2, 0.25) is 0 Å². The van der Waals surface area contributed by atoms with Crippen LogP contribution < -0.4 is 0 Å². The van der Waals surface area contributed by atoms with Crippen LogP contribution in [0, 0.1) is 5.92 Å². The molecule has 0 unspecified atom stereocenters. The molecule has 0 fully saturated rings. The molecule has 0 atom stereocenters. The SMILES string of the molecule is CC(C)CN(C(=O)c1cc(C(=O)O)[nH]n1)C(C)C. The van der Waals surface area contributed by atoms with E-state index in [1.807, 2.05) is 27.7 Å². The molecule has 100 valence electrons. The quantitative estimate of drug-likeness (QED) is 0.834. The van der Waals surface area contributed by atoms with Crippen molar-refractivity contribution in [3.63, 3.8) is 0 Å². The third kappa shape index (κ3) is 3.32. The molecule has 6 heteroatoms. The summed E-state index contributed by atoms with van der Waals surface area (Å²) in [4.78, 5) is 24.6. The minimum atomic E-state index is -1.12. The van der Waals surface area contributed by atoms with E-state index >= 15 is 0 Å². The van der Waals surface area contributed by atoms with Crippen molar-refractivity contribution < 1.29 is 14.7 Å². The number of aromatic carboxylic acids is 1. The van der Waals surface area contributed by atoms with Gasteiger partial charge in [-0.25, -0.2) is 4.79 Å². The van der Waals surface area contributed by atoms with Crippen molar-refractivity contribution >= 4 is 11.9 Å². The number of rotatable bonds is 5. The van der Waals surface area contributed by atoms with E-state index in [-0.39, 0.29) is 23.3 Å². The highest BCUT2D eigenvalue weighted by atomic mass is 16.4. The highest BCUT2D eigenvalue weighted by molar-refractivity contribution is 5.95. The van der Waals surface area contributed by atoms with Crippen LogP contribution in [0.4, 0.5) is 0 Å². The average Bonchev–Trinajstić information content (AvgIpc) is 2.73. The van der Waals surface area contributed by atoms with E-state index in [1.54, 1.807) is 4.90 Å². The number of aromatic nitrogens is 2. The zero-order valence-corrected chi connectivity index (χ0v) is 11.1. The highest BCUT2D eigenvalue weighted by Gasteiger charge is 2.22. The number of H-pyrrole nitrogens is 1. The third-order valence-corrected chi connectivity index (χ3v) is 2.47. The normalized spacial score (nSPS) is 11.0.